The zero-order chi connectivity index (χ0) is 15.4. The molecule has 1 rings (SSSR count). The van der Waals surface area contributed by atoms with Gasteiger partial charge in [-0.25, -0.2) is 17.9 Å². The maximum atomic E-state index is 12.0. The van der Waals surface area contributed by atoms with Crippen molar-refractivity contribution in [3.63, 3.8) is 0 Å². The van der Waals surface area contributed by atoms with Crippen LogP contribution in [0.4, 0.5) is 0 Å². The normalized spacial score (nSPS) is 12.2. The first-order chi connectivity index (χ1) is 9.14. The van der Waals surface area contributed by atoms with Crippen LogP contribution in [-0.2, 0) is 20.5 Å². The van der Waals surface area contributed by atoms with Crippen LogP contribution in [0.3, 0.4) is 0 Å². The highest BCUT2D eigenvalue weighted by molar-refractivity contribution is 7.88. The summed E-state index contributed by atoms with van der Waals surface area (Å²) in [4.78, 5) is 11.6. The van der Waals surface area contributed by atoms with Gasteiger partial charge in [0.25, 0.3) is 0 Å². The number of nitrogens with two attached hydrogens (primary N) is 1. The van der Waals surface area contributed by atoms with Gasteiger partial charge in [0.2, 0.25) is 10.0 Å². The molecule has 0 amide bonds. The zero-order valence-corrected chi connectivity index (χ0v) is 12.7. The van der Waals surface area contributed by atoms with Crippen molar-refractivity contribution in [3.8, 4) is 0 Å². The first kappa shape index (κ1) is 16.6. The zero-order valence-electron chi connectivity index (χ0n) is 11.8. The maximum absolute atomic E-state index is 12.0. The molecule has 0 aliphatic heterocycles. The molecule has 0 fully saturated rings. The van der Waals surface area contributed by atoms with Crippen LogP contribution in [0.2, 0.25) is 0 Å². The van der Waals surface area contributed by atoms with Gasteiger partial charge >= 0.3 is 5.97 Å². The average molecular weight is 300 g/mol. The largest absolute Gasteiger partial charge is 0.465 e. The van der Waals surface area contributed by atoms with Crippen molar-refractivity contribution >= 4 is 16.0 Å². The molecule has 0 atom stereocenters. The van der Waals surface area contributed by atoms with Crippen molar-refractivity contribution in [3.05, 3.63) is 35.4 Å². The highest BCUT2D eigenvalue weighted by Gasteiger charge is 2.20. The highest BCUT2D eigenvalue weighted by Crippen LogP contribution is 2.13. The van der Waals surface area contributed by atoms with Crippen LogP contribution in [0.25, 0.3) is 0 Å². The lowest BCUT2D eigenvalue weighted by molar-refractivity contribution is 0.0600. The van der Waals surface area contributed by atoms with Gasteiger partial charge in [-0.1, -0.05) is 18.2 Å². The Hall–Kier alpha value is -1.44. The molecule has 1 aromatic rings. The number of carbonyl (C=O) groups is 1. The van der Waals surface area contributed by atoms with Gasteiger partial charge in [0.15, 0.2) is 0 Å². The molecule has 20 heavy (non-hydrogen) atoms. The van der Waals surface area contributed by atoms with Crippen LogP contribution in [0.5, 0.6) is 0 Å². The van der Waals surface area contributed by atoms with Crippen molar-refractivity contribution in [2.75, 3.05) is 13.7 Å². The molecule has 0 aliphatic rings. The summed E-state index contributed by atoms with van der Waals surface area (Å²) in [6.07, 6.45) is 0. The molecule has 0 bridgehead atoms. The minimum Gasteiger partial charge on any atom is -0.465 e. The number of hydrogen-bond donors (Lipinski definition) is 2. The number of rotatable bonds is 6. The fourth-order valence-electron chi connectivity index (χ4n) is 1.51. The van der Waals surface area contributed by atoms with Gasteiger partial charge in [-0.05, 0) is 25.5 Å². The van der Waals surface area contributed by atoms with Gasteiger partial charge in [-0.2, -0.15) is 0 Å². The minimum absolute atomic E-state index is 0.121. The van der Waals surface area contributed by atoms with Crippen LogP contribution in [0.15, 0.2) is 24.3 Å². The molecule has 7 heteroatoms. The van der Waals surface area contributed by atoms with E-state index < -0.39 is 21.5 Å². The molecular formula is C13H20N2O4S. The fourth-order valence-corrected chi connectivity index (χ4v) is 2.86. The third-order valence-electron chi connectivity index (χ3n) is 2.52. The van der Waals surface area contributed by atoms with E-state index in [0.717, 1.165) is 0 Å². The Balaban J connectivity index is 2.90. The molecule has 0 aromatic heterocycles. The molecule has 0 saturated heterocycles. The van der Waals surface area contributed by atoms with E-state index in [9.17, 15) is 13.2 Å². The Kier molecular flexibility index (Phi) is 5.27. The summed E-state index contributed by atoms with van der Waals surface area (Å²) >= 11 is 0. The summed E-state index contributed by atoms with van der Waals surface area (Å²) in [6.45, 7) is 3.56. The molecule has 6 nitrogen and oxygen atoms in total. The lowest BCUT2D eigenvalue weighted by atomic mass is 10.1. The van der Waals surface area contributed by atoms with Crippen molar-refractivity contribution in [2.45, 2.75) is 25.1 Å². The Morgan fingerprint density at radius 2 is 1.95 bits per heavy atom. The van der Waals surface area contributed by atoms with E-state index in [1.807, 2.05) is 0 Å². The highest BCUT2D eigenvalue weighted by atomic mass is 32.2. The predicted octanol–water partition coefficient (Wildman–Crippen LogP) is 0.630. The number of esters is 1. The molecule has 0 unspecified atom stereocenters. The summed E-state index contributed by atoms with van der Waals surface area (Å²) in [5.41, 5.74) is 5.72. The summed E-state index contributed by atoms with van der Waals surface area (Å²) in [5, 5.41) is 0. The van der Waals surface area contributed by atoms with Gasteiger partial charge in [0.1, 0.15) is 0 Å². The number of ether oxygens (including phenoxy) is 1. The summed E-state index contributed by atoms with van der Waals surface area (Å²) in [6, 6.07) is 6.44. The van der Waals surface area contributed by atoms with Crippen molar-refractivity contribution in [2.24, 2.45) is 5.73 Å². The van der Waals surface area contributed by atoms with Gasteiger partial charge in [0, 0.05) is 12.1 Å². The summed E-state index contributed by atoms with van der Waals surface area (Å²) < 4.78 is 31.0. The Bertz CT molecular complexity index is 576. The fraction of sp³-hybridized carbons (Fsp3) is 0.462. The molecule has 0 heterocycles. The van der Waals surface area contributed by atoms with E-state index in [1.165, 1.54) is 13.2 Å². The smallest absolute Gasteiger partial charge is 0.338 e. The van der Waals surface area contributed by atoms with Crippen LogP contribution in [0.1, 0.15) is 29.8 Å². The number of methoxy groups -OCH3 is 1. The summed E-state index contributed by atoms with van der Waals surface area (Å²) in [5.74, 6) is -0.857. The Labute approximate surface area is 119 Å². The van der Waals surface area contributed by atoms with E-state index in [2.05, 4.69) is 9.46 Å². The first-order valence-corrected chi connectivity index (χ1v) is 7.72. The third-order valence-corrected chi connectivity index (χ3v) is 3.79. The lowest BCUT2D eigenvalue weighted by Crippen LogP contribution is -2.45. The number of hydrogen-bond acceptors (Lipinski definition) is 5. The Morgan fingerprint density at radius 1 is 1.35 bits per heavy atom. The van der Waals surface area contributed by atoms with Crippen LogP contribution >= 0.6 is 0 Å². The second kappa shape index (κ2) is 6.34. The van der Waals surface area contributed by atoms with E-state index >= 15 is 0 Å². The van der Waals surface area contributed by atoms with Gasteiger partial charge in [-0.3, -0.25) is 0 Å². The number of nitrogens with one attached hydrogen (secondary N) is 1. The predicted molar refractivity (Wildman–Crippen MR) is 76.7 cm³/mol. The second-order valence-electron chi connectivity index (χ2n) is 5.22. The minimum atomic E-state index is -3.57. The molecule has 0 spiro atoms. The van der Waals surface area contributed by atoms with Crippen LogP contribution < -0.4 is 10.5 Å². The quantitative estimate of drug-likeness (QED) is 0.751. The van der Waals surface area contributed by atoms with Gasteiger partial charge in [0.05, 0.1) is 18.4 Å². The molecule has 3 N–H and O–H groups in total. The van der Waals surface area contributed by atoms with E-state index in [0.29, 0.717) is 5.56 Å². The monoisotopic (exact) mass is 300 g/mol. The van der Waals surface area contributed by atoms with Gasteiger partial charge in [-0.15, -0.1) is 0 Å². The molecular weight excluding hydrogens is 280 g/mol. The SMILES string of the molecule is COC(=O)c1ccccc1CS(=O)(=O)NCC(C)(C)N. The first-order valence-electron chi connectivity index (χ1n) is 6.07. The molecule has 0 saturated carbocycles. The van der Waals surface area contributed by atoms with E-state index in [4.69, 9.17) is 5.73 Å². The van der Waals surface area contributed by atoms with Gasteiger partial charge < -0.3 is 10.5 Å². The molecule has 0 radical (unpaired) electrons. The molecule has 112 valence electrons. The van der Waals surface area contributed by atoms with Crippen LogP contribution in [-0.4, -0.2) is 33.6 Å². The van der Waals surface area contributed by atoms with E-state index in [-0.39, 0.29) is 17.9 Å². The third kappa shape index (κ3) is 5.28. The number of carbonyl (C=O) groups excluding carboxylic acids is 1. The average Bonchev–Trinajstić information content (AvgIpc) is 2.35. The van der Waals surface area contributed by atoms with Crippen LogP contribution in [0, 0.1) is 0 Å². The van der Waals surface area contributed by atoms with Crippen molar-refractivity contribution in [1.29, 1.82) is 0 Å². The lowest BCUT2D eigenvalue weighted by Gasteiger charge is -2.19. The number of sulfonamides is 1. The van der Waals surface area contributed by atoms with E-state index in [1.54, 1.807) is 32.0 Å². The second-order valence-corrected chi connectivity index (χ2v) is 7.02. The maximum Gasteiger partial charge on any atom is 0.338 e. The topological polar surface area (TPSA) is 98.5 Å². The molecule has 0 aliphatic carbocycles. The number of benzene rings is 1. The standard InChI is InChI=1S/C13H20N2O4S/c1-13(2,14)9-15-20(17,18)8-10-6-4-5-7-11(10)12(16)19-3/h4-7,15H,8-9,14H2,1-3H3. The Morgan fingerprint density at radius 3 is 2.50 bits per heavy atom. The molecule has 1 aromatic carbocycles. The van der Waals surface area contributed by atoms with Crippen molar-refractivity contribution < 1.29 is 17.9 Å². The van der Waals surface area contributed by atoms with Crippen molar-refractivity contribution in [1.82, 2.24) is 4.72 Å². The summed E-state index contributed by atoms with van der Waals surface area (Å²) in [7, 11) is -2.32.